The maximum Gasteiger partial charge on any atom is 0.253 e. The molecular weight excluding hydrogens is 360 g/mol. The molecule has 3 N–H and O–H groups in total. The van der Waals surface area contributed by atoms with Crippen LogP contribution in [0.4, 0.5) is 0 Å². The summed E-state index contributed by atoms with van der Waals surface area (Å²) in [5.41, 5.74) is 2.58. The van der Waals surface area contributed by atoms with Gasteiger partial charge < -0.3 is 25.2 Å². The average molecular weight is 391 g/mol. The van der Waals surface area contributed by atoms with E-state index in [9.17, 15) is 9.90 Å². The zero-order chi connectivity index (χ0) is 19.8. The molecular formula is C20H30N4O2S. The van der Waals surface area contributed by atoms with Gasteiger partial charge in [0.1, 0.15) is 0 Å². The first kappa shape index (κ1) is 21.3. The number of H-pyrrole nitrogens is 1. The Morgan fingerprint density at radius 1 is 1.26 bits per heavy atom. The van der Waals surface area contributed by atoms with E-state index < -0.39 is 0 Å². The van der Waals surface area contributed by atoms with Gasteiger partial charge in [-0.2, -0.15) is 0 Å². The van der Waals surface area contributed by atoms with Crippen molar-refractivity contribution in [3.05, 3.63) is 45.7 Å². The van der Waals surface area contributed by atoms with Crippen molar-refractivity contribution in [1.29, 1.82) is 0 Å². The van der Waals surface area contributed by atoms with Crippen molar-refractivity contribution in [1.82, 2.24) is 20.1 Å². The molecule has 1 aromatic carbocycles. The summed E-state index contributed by atoms with van der Waals surface area (Å²) >= 11 is 5.48. The fraction of sp³-hybridized carbons (Fsp3) is 0.500. The first-order valence-corrected chi connectivity index (χ1v) is 9.78. The normalized spacial score (nSPS) is 11.1. The molecule has 2 rings (SSSR count). The highest BCUT2D eigenvalue weighted by Gasteiger charge is 2.13. The van der Waals surface area contributed by atoms with Gasteiger partial charge in [-0.05, 0) is 74.8 Å². The molecule has 1 aromatic heterocycles. The number of hydrogen-bond donors (Lipinski definition) is 3. The van der Waals surface area contributed by atoms with Crippen molar-refractivity contribution in [2.75, 3.05) is 40.3 Å². The zero-order valence-corrected chi connectivity index (χ0v) is 17.2. The molecule has 0 fully saturated rings. The Hall–Kier alpha value is -1.96. The molecule has 27 heavy (non-hydrogen) atoms. The predicted octanol–water partition coefficient (Wildman–Crippen LogP) is 1.71. The van der Waals surface area contributed by atoms with E-state index in [0.29, 0.717) is 23.8 Å². The fourth-order valence-electron chi connectivity index (χ4n) is 2.92. The molecule has 0 atom stereocenters. The second-order valence-electron chi connectivity index (χ2n) is 6.93. The van der Waals surface area contributed by atoms with Crippen molar-refractivity contribution in [3.8, 4) is 0 Å². The van der Waals surface area contributed by atoms with E-state index in [-0.39, 0.29) is 12.2 Å². The van der Waals surface area contributed by atoms with Gasteiger partial charge in [-0.1, -0.05) is 13.0 Å². The minimum absolute atomic E-state index is 0.0228. The second kappa shape index (κ2) is 10.4. The van der Waals surface area contributed by atoms with Crippen LogP contribution in [-0.2, 0) is 13.0 Å². The van der Waals surface area contributed by atoms with Crippen LogP contribution in [-0.4, -0.2) is 65.3 Å². The lowest BCUT2D eigenvalue weighted by molar-refractivity contribution is 0.245. The third-order valence-corrected chi connectivity index (χ3v) is 4.87. The second-order valence-corrected chi connectivity index (χ2v) is 7.32. The van der Waals surface area contributed by atoms with Gasteiger partial charge in [0.25, 0.3) is 5.56 Å². The minimum Gasteiger partial charge on any atom is -0.395 e. The van der Waals surface area contributed by atoms with E-state index in [1.807, 2.05) is 37.2 Å². The quantitative estimate of drug-likeness (QED) is 0.447. The number of aliphatic hydroxyl groups is 1. The van der Waals surface area contributed by atoms with Crippen LogP contribution in [0.15, 0.2) is 29.1 Å². The van der Waals surface area contributed by atoms with E-state index >= 15 is 0 Å². The lowest BCUT2D eigenvalue weighted by Crippen LogP contribution is -2.42. The zero-order valence-electron chi connectivity index (χ0n) is 16.4. The SMILES string of the molecule is CCc1ccc2[nH]c(=O)c(CN(CCO)C(=S)NCCCN(C)C)cc2c1. The Morgan fingerprint density at radius 2 is 2.04 bits per heavy atom. The number of hydrogen-bond acceptors (Lipinski definition) is 4. The first-order chi connectivity index (χ1) is 12.9. The minimum atomic E-state index is -0.120. The van der Waals surface area contributed by atoms with E-state index in [4.69, 9.17) is 12.2 Å². The van der Waals surface area contributed by atoms with Crippen molar-refractivity contribution in [2.45, 2.75) is 26.3 Å². The average Bonchev–Trinajstić information content (AvgIpc) is 2.64. The third-order valence-electron chi connectivity index (χ3n) is 4.47. The van der Waals surface area contributed by atoms with E-state index in [1.165, 1.54) is 5.56 Å². The van der Waals surface area contributed by atoms with Gasteiger partial charge in [0.2, 0.25) is 0 Å². The summed E-state index contributed by atoms with van der Waals surface area (Å²) in [5, 5.41) is 14.2. The Balaban J connectivity index is 2.13. The molecule has 0 spiro atoms. The Labute approximate surface area is 166 Å². The van der Waals surface area contributed by atoms with Crippen LogP contribution in [0.5, 0.6) is 0 Å². The molecule has 0 saturated heterocycles. The number of aryl methyl sites for hydroxylation is 1. The van der Waals surface area contributed by atoms with Crippen molar-refractivity contribution in [2.24, 2.45) is 0 Å². The molecule has 1 heterocycles. The predicted molar refractivity (Wildman–Crippen MR) is 115 cm³/mol. The van der Waals surface area contributed by atoms with Gasteiger partial charge in [0.15, 0.2) is 5.11 Å². The molecule has 7 heteroatoms. The van der Waals surface area contributed by atoms with Crippen molar-refractivity contribution in [3.63, 3.8) is 0 Å². The van der Waals surface area contributed by atoms with Gasteiger partial charge in [-0.3, -0.25) is 4.79 Å². The van der Waals surface area contributed by atoms with Gasteiger partial charge in [0, 0.05) is 24.2 Å². The largest absolute Gasteiger partial charge is 0.395 e. The maximum absolute atomic E-state index is 12.5. The highest BCUT2D eigenvalue weighted by Crippen LogP contribution is 2.15. The molecule has 2 aromatic rings. The van der Waals surface area contributed by atoms with Crippen LogP contribution < -0.4 is 10.9 Å². The van der Waals surface area contributed by atoms with Gasteiger partial charge >= 0.3 is 0 Å². The Bertz CT molecular complexity index is 819. The van der Waals surface area contributed by atoms with Gasteiger partial charge in [-0.15, -0.1) is 0 Å². The lowest BCUT2D eigenvalue weighted by atomic mass is 10.1. The molecule has 0 unspecified atom stereocenters. The van der Waals surface area contributed by atoms with Crippen LogP contribution in [0, 0.1) is 0 Å². The molecule has 0 aliphatic heterocycles. The molecule has 0 amide bonds. The molecule has 0 aliphatic rings. The summed E-state index contributed by atoms with van der Waals surface area (Å²) in [6.45, 7) is 4.56. The summed E-state index contributed by atoms with van der Waals surface area (Å²) in [4.78, 5) is 19.4. The number of nitrogens with zero attached hydrogens (tertiary/aromatic N) is 2. The summed E-state index contributed by atoms with van der Waals surface area (Å²) in [6.07, 6.45) is 1.92. The Morgan fingerprint density at radius 3 is 2.70 bits per heavy atom. The molecule has 0 radical (unpaired) electrons. The number of aliphatic hydroxyl groups excluding tert-OH is 1. The molecule has 148 valence electrons. The number of fused-ring (bicyclic) bond motifs is 1. The molecule has 0 bridgehead atoms. The van der Waals surface area contributed by atoms with Crippen molar-refractivity contribution < 1.29 is 5.11 Å². The van der Waals surface area contributed by atoms with Crippen LogP contribution in [0.25, 0.3) is 10.9 Å². The van der Waals surface area contributed by atoms with Gasteiger partial charge in [-0.25, -0.2) is 0 Å². The smallest absolute Gasteiger partial charge is 0.253 e. The van der Waals surface area contributed by atoms with Crippen LogP contribution >= 0.6 is 12.2 Å². The number of pyridine rings is 1. The molecule has 6 nitrogen and oxygen atoms in total. The summed E-state index contributed by atoms with van der Waals surface area (Å²) in [6, 6.07) is 8.00. The number of benzene rings is 1. The monoisotopic (exact) mass is 390 g/mol. The number of thiocarbonyl (C=S) groups is 1. The fourth-order valence-corrected chi connectivity index (χ4v) is 3.18. The number of aromatic nitrogens is 1. The molecule has 0 aliphatic carbocycles. The van der Waals surface area contributed by atoms with E-state index in [2.05, 4.69) is 28.2 Å². The Kier molecular flexibility index (Phi) is 8.22. The summed E-state index contributed by atoms with van der Waals surface area (Å²) in [5.74, 6) is 0. The maximum atomic E-state index is 12.5. The first-order valence-electron chi connectivity index (χ1n) is 9.37. The van der Waals surface area contributed by atoms with Gasteiger partial charge in [0.05, 0.1) is 13.2 Å². The topological polar surface area (TPSA) is 71.6 Å². The van der Waals surface area contributed by atoms with Crippen LogP contribution in [0.2, 0.25) is 0 Å². The highest BCUT2D eigenvalue weighted by molar-refractivity contribution is 7.80. The number of aromatic amines is 1. The van der Waals surface area contributed by atoms with Crippen LogP contribution in [0.3, 0.4) is 0 Å². The van der Waals surface area contributed by atoms with E-state index in [1.54, 1.807) is 0 Å². The van der Waals surface area contributed by atoms with Crippen molar-refractivity contribution >= 4 is 28.2 Å². The van der Waals surface area contributed by atoms with Crippen LogP contribution in [0.1, 0.15) is 24.5 Å². The standard InChI is InChI=1S/C20H30N4O2S/c1-4-15-6-7-18-16(12-15)13-17(19(26)22-18)14-24(10-11-25)20(27)21-8-5-9-23(2)3/h6-7,12-13,25H,4-5,8-11,14H2,1-3H3,(H,21,27)(H,22,26). The molecule has 0 saturated carbocycles. The summed E-state index contributed by atoms with van der Waals surface area (Å²) in [7, 11) is 4.07. The number of nitrogens with one attached hydrogen (secondary N) is 2. The number of rotatable bonds is 9. The lowest BCUT2D eigenvalue weighted by Gasteiger charge is -2.25. The summed E-state index contributed by atoms with van der Waals surface area (Å²) < 4.78 is 0. The highest BCUT2D eigenvalue weighted by atomic mass is 32.1. The third kappa shape index (κ3) is 6.30. The van der Waals surface area contributed by atoms with E-state index in [0.717, 1.165) is 36.8 Å².